The highest BCUT2D eigenvalue weighted by Gasteiger charge is 2.31. The first-order valence-electron chi connectivity index (χ1n) is 5.83. The molecule has 94 valence electrons. The van der Waals surface area contributed by atoms with Gasteiger partial charge in [0.25, 0.3) is 0 Å². The Morgan fingerprint density at radius 2 is 1.82 bits per heavy atom. The van der Waals surface area contributed by atoms with E-state index in [9.17, 15) is 5.11 Å². The lowest BCUT2D eigenvalue weighted by atomic mass is 10.2. The average Bonchev–Trinajstić information content (AvgIpc) is 3.04. The molecule has 0 saturated heterocycles. The van der Waals surface area contributed by atoms with Crippen LogP contribution >= 0.6 is 0 Å². The zero-order chi connectivity index (χ0) is 12.4. The summed E-state index contributed by atoms with van der Waals surface area (Å²) < 4.78 is 10.2. The summed E-state index contributed by atoms with van der Waals surface area (Å²) in [7, 11) is 3.07. The second kappa shape index (κ2) is 4.84. The lowest BCUT2D eigenvalue weighted by molar-refractivity contribution is 0.339. The smallest absolute Gasteiger partial charge is 0.200 e. The Balaban J connectivity index is 2.10. The number of hydrogen-bond acceptors (Lipinski definition) is 4. The maximum Gasteiger partial charge on any atom is 0.200 e. The Hall–Kier alpha value is -1.42. The van der Waals surface area contributed by atoms with Crippen LogP contribution in [0.1, 0.15) is 18.9 Å². The molecule has 17 heavy (non-hydrogen) atoms. The third kappa shape index (κ3) is 2.64. The molecule has 0 aromatic heterocycles. The van der Waals surface area contributed by atoms with Gasteiger partial charge in [0.1, 0.15) is 0 Å². The summed E-state index contributed by atoms with van der Waals surface area (Å²) in [6.07, 6.45) is 1.24. The summed E-state index contributed by atoms with van der Waals surface area (Å²) in [6, 6.07) is 4.29. The van der Waals surface area contributed by atoms with Gasteiger partial charge in [-0.2, -0.15) is 0 Å². The number of benzene rings is 1. The molecule has 2 N–H and O–H groups in total. The predicted octanol–water partition coefficient (Wildman–Crippen LogP) is 1.91. The molecule has 0 heterocycles. The Kier molecular flexibility index (Phi) is 3.43. The molecule has 1 saturated carbocycles. The quantitative estimate of drug-likeness (QED) is 0.821. The molecule has 0 spiro atoms. The van der Waals surface area contributed by atoms with Crippen LogP contribution in [-0.2, 0) is 6.54 Å². The Bertz CT molecular complexity index is 381. The number of ether oxygens (including phenoxy) is 2. The summed E-state index contributed by atoms with van der Waals surface area (Å²) in [6.45, 7) is 3.00. The van der Waals surface area contributed by atoms with Crippen LogP contribution in [-0.4, -0.2) is 25.4 Å². The first kappa shape index (κ1) is 12.0. The van der Waals surface area contributed by atoms with Gasteiger partial charge in [0.05, 0.1) is 14.2 Å². The average molecular weight is 237 g/mol. The molecule has 4 nitrogen and oxygen atoms in total. The largest absolute Gasteiger partial charge is 0.502 e. The Morgan fingerprint density at radius 3 is 2.24 bits per heavy atom. The van der Waals surface area contributed by atoms with E-state index in [0.29, 0.717) is 17.5 Å². The van der Waals surface area contributed by atoms with Crippen molar-refractivity contribution in [2.75, 3.05) is 14.2 Å². The molecule has 1 fully saturated rings. The van der Waals surface area contributed by atoms with Gasteiger partial charge in [-0.1, -0.05) is 6.92 Å². The van der Waals surface area contributed by atoms with Crippen molar-refractivity contribution in [3.63, 3.8) is 0 Å². The highest BCUT2D eigenvalue weighted by molar-refractivity contribution is 5.52. The molecule has 2 rings (SSSR count). The minimum absolute atomic E-state index is 0.0542. The van der Waals surface area contributed by atoms with Crippen LogP contribution in [0.5, 0.6) is 17.2 Å². The first-order chi connectivity index (χ1) is 8.15. The monoisotopic (exact) mass is 237 g/mol. The molecule has 0 amide bonds. The molecular formula is C13H19NO3. The van der Waals surface area contributed by atoms with E-state index < -0.39 is 0 Å². The van der Waals surface area contributed by atoms with E-state index in [1.54, 1.807) is 0 Å². The van der Waals surface area contributed by atoms with Gasteiger partial charge in [0, 0.05) is 12.6 Å². The third-order valence-corrected chi connectivity index (χ3v) is 3.22. The number of phenols is 1. The van der Waals surface area contributed by atoms with Crippen molar-refractivity contribution in [2.24, 2.45) is 5.92 Å². The fourth-order valence-electron chi connectivity index (χ4n) is 1.91. The van der Waals surface area contributed by atoms with Crippen LogP contribution < -0.4 is 14.8 Å². The first-order valence-corrected chi connectivity index (χ1v) is 5.83. The number of methoxy groups -OCH3 is 2. The maximum absolute atomic E-state index is 9.77. The van der Waals surface area contributed by atoms with Crippen molar-refractivity contribution in [3.05, 3.63) is 17.7 Å². The van der Waals surface area contributed by atoms with Crippen molar-refractivity contribution >= 4 is 0 Å². The Morgan fingerprint density at radius 1 is 1.29 bits per heavy atom. The highest BCUT2D eigenvalue weighted by Crippen LogP contribution is 2.37. The minimum atomic E-state index is 0.0542. The normalized spacial score (nSPS) is 22.3. The van der Waals surface area contributed by atoms with Crippen molar-refractivity contribution in [1.82, 2.24) is 5.32 Å². The second-order valence-corrected chi connectivity index (χ2v) is 4.55. The van der Waals surface area contributed by atoms with Crippen molar-refractivity contribution in [2.45, 2.75) is 25.9 Å². The number of phenolic OH excluding ortho intramolecular Hbond substituents is 1. The molecular weight excluding hydrogens is 218 g/mol. The third-order valence-electron chi connectivity index (χ3n) is 3.22. The van der Waals surface area contributed by atoms with Gasteiger partial charge in [-0.05, 0) is 30.0 Å². The molecule has 0 bridgehead atoms. The van der Waals surface area contributed by atoms with Crippen molar-refractivity contribution in [3.8, 4) is 17.2 Å². The molecule has 4 heteroatoms. The maximum atomic E-state index is 9.77. The van der Waals surface area contributed by atoms with E-state index in [2.05, 4.69) is 12.2 Å². The molecule has 0 aliphatic heterocycles. The van der Waals surface area contributed by atoms with Gasteiger partial charge in [-0.25, -0.2) is 0 Å². The number of nitrogens with one attached hydrogen (secondary N) is 1. The van der Waals surface area contributed by atoms with E-state index >= 15 is 0 Å². The summed E-state index contributed by atoms with van der Waals surface area (Å²) in [5.74, 6) is 1.73. The number of aromatic hydroxyl groups is 1. The molecule has 1 aromatic rings. The zero-order valence-corrected chi connectivity index (χ0v) is 10.5. The lowest BCUT2D eigenvalue weighted by Crippen LogP contribution is -2.17. The molecule has 1 aliphatic carbocycles. The van der Waals surface area contributed by atoms with Crippen molar-refractivity contribution in [1.29, 1.82) is 0 Å². The van der Waals surface area contributed by atoms with Gasteiger partial charge in [0.2, 0.25) is 5.75 Å². The van der Waals surface area contributed by atoms with Gasteiger partial charge in [-0.15, -0.1) is 0 Å². The van der Waals surface area contributed by atoms with Crippen LogP contribution in [0.15, 0.2) is 12.1 Å². The summed E-state index contributed by atoms with van der Waals surface area (Å²) in [5.41, 5.74) is 1.05. The van der Waals surface area contributed by atoms with E-state index in [4.69, 9.17) is 9.47 Å². The van der Waals surface area contributed by atoms with Crippen LogP contribution in [0, 0.1) is 5.92 Å². The topological polar surface area (TPSA) is 50.7 Å². The fraction of sp³-hybridized carbons (Fsp3) is 0.538. The van der Waals surface area contributed by atoms with Gasteiger partial charge < -0.3 is 19.9 Å². The van der Waals surface area contributed by atoms with E-state index in [-0.39, 0.29) is 5.75 Å². The van der Waals surface area contributed by atoms with E-state index in [1.165, 1.54) is 20.6 Å². The fourth-order valence-corrected chi connectivity index (χ4v) is 1.91. The molecule has 2 atom stereocenters. The van der Waals surface area contributed by atoms with Crippen LogP contribution in [0.3, 0.4) is 0 Å². The molecule has 1 aromatic carbocycles. The summed E-state index contributed by atoms with van der Waals surface area (Å²) in [5, 5.41) is 13.2. The SMILES string of the molecule is COc1cc(CNC2CC2C)cc(OC)c1O. The van der Waals surface area contributed by atoms with Gasteiger partial charge in [0.15, 0.2) is 11.5 Å². The minimum Gasteiger partial charge on any atom is -0.502 e. The molecule has 1 aliphatic rings. The van der Waals surface area contributed by atoms with Crippen LogP contribution in [0.25, 0.3) is 0 Å². The number of hydrogen-bond donors (Lipinski definition) is 2. The second-order valence-electron chi connectivity index (χ2n) is 4.55. The molecule has 0 radical (unpaired) electrons. The summed E-state index contributed by atoms with van der Waals surface area (Å²) in [4.78, 5) is 0. The van der Waals surface area contributed by atoms with E-state index in [0.717, 1.165) is 18.0 Å². The standard InChI is InChI=1S/C13H19NO3/c1-8-4-10(8)14-7-9-5-11(16-2)13(15)12(6-9)17-3/h5-6,8,10,14-15H,4,7H2,1-3H3. The summed E-state index contributed by atoms with van der Waals surface area (Å²) >= 11 is 0. The van der Waals surface area contributed by atoms with E-state index in [1.807, 2.05) is 12.1 Å². The van der Waals surface area contributed by atoms with Gasteiger partial charge >= 0.3 is 0 Å². The molecule has 2 unspecified atom stereocenters. The predicted molar refractivity (Wildman–Crippen MR) is 65.6 cm³/mol. The Labute approximate surface area is 102 Å². The number of rotatable bonds is 5. The zero-order valence-electron chi connectivity index (χ0n) is 10.5. The van der Waals surface area contributed by atoms with Crippen molar-refractivity contribution < 1.29 is 14.6 Å². The highest BCUT2D eigenvalue weighted by atomic mass is 16.5. The van der Waals surface area contributed by atoms with Gasteiger partial charge in [-0.3, -0.25) is 0 Å². The van der Waals surface area contributed by atoms with Crippen LogP contribution in [0.2, 0.25) is 0 Å². The van der Waals surface area contributed by atoms with Crippen LogP contribution in [0.4, 0.5) is 0 Å². The lowest BCUT2D eigenvalue weighted by Gasteiger charge is -2.11.